The van der Waals surface area contributed by atoms with Crippen LogP contribution in [0.15, 0.2) is 0 Å². The van der Waals surface area contributed by atoms with Gasteiger partial charge in [-0.15, -0.1) is 0 Å². The van der Waals surface area contributed by atoms with Gasteiger partial charge in [0.25, 0.3) is 0 Å². The molecule has 3 amide bonds. The van der Waals surface area contributed by atoms with Crippen molar-refractivity contribution in [2.75, 3.05) is 13.1 Å². The second-order valence-corrected chi connectivity index (χ2v) is 7.10. The number of nitrogens with two attached hydrogens (primary N) is 2. The monoisotopic (exact) mass is 417 g/mol. The molecule has 5 atom stereocenters. The van der Waals surface area contributed by atoms with Crippen molar-refractivity contribution in [2.45, 2.75) is 70.7 Å². The Morgan fingerprint density at radius 2 is 1.66 bits per heavy atom. The average Bonchev–Trinajstić information content (AvgIpc) is 2.67. The fourth-order valence-electron chi connectivity index (χ4n) is 2.44. The molecule has 0 aromatic carbocycles. The number of hydrogen-bond acceptors (Lipinski definition) is 7. The van der Waals surface area contributed by atoms with Gasteiger partial charge in [0.2, 0.25) is 17.7 Å². The van der Waals surface area contributed by atoms with Gasteiger partial charge >= 0.3 is 5.97 Å². The van der Waals surface area contributed by atoms with Crippen LogP contribution in [0.3, 0.4) is 0 Å². The van der Waals surface area contributed by atoms with E-state index < -0.39 is 54.5 Å². The number of aliphatic hydroxyl groups excluding tert-OH is 1. The van der Waals surface area contributed by atoms with E-state index in [-0.39, 0.29) is 12.3 Å². The fourth-order valence-corrected chi connectivity index (χ4v) is 2.44. The normalized spacial score (nSPS) is 16.1. The topological polar surface area (TPSA) is 197 Å². The van der Waals surface area contributed by atoms with Crippen LogP contribution in [0.4, 0.5) is 0 Å². The van der Waals surface area contributed by atoms with Crippen LogP contribution in [0.2, 0.25) is 0 Å². The summed E-state index contributed by atoms with van der Waals surface area (Å²) in [4.78, 5) is 47.6. The molecule has 29 heavy (non-hydrogen) atoms. The summed E-state index contributed by atoms with van der Waals surface area (Å²) in [5, 5.41) is 25.9. The standard InChI is InChI=1S/C18H35N5O6/c1-4-10(2)14(20)16(26)23-15(11(3)24)17(27)21-9-13(25)22-12(18(28)29)7-5-6-8-19/h10-12,14-15,24H,4-9,19-20H2,1-3H3,(H,21,27)(H,22,25)(H,23,26)(H,28,29). The number of unbranched alkanes of at least 4 members (excludes halogenated alkanes) is 1. The number of hydrogen-bond donors (Lipinski definition) is 7. The lowest BCUT2D eigenvalue weighted by Gasteiger charge is -2.24. The first-order valence-corrected chi connectivity index (χ1v) is 9.79. The van der Waals surface area contributed by atoms with E-state index in [1.807, 2.05) is 6.92 Å². The smallest absolute Gasteiger partial charge is 0.326 e. The Kier molecular flexibility index (Phi) is 12.8. The second-order valence-electron chi connectivity index (χ2n) is 7.10. The predicted molar refractivity (Wildman–Crippen MR) is 107 cm³/mol. The van der Waals surface area contributed by atoms with Gasteiger partial charge in [0, 0.05) is 0 Å². The molecule has 0 spiro atoms. The molecular weight excluding hydrogens is 382 g/mol. The lowest BCUT2D eigenvalue weighted by molar-refractivity contribution is -0.142. The van der Waals surface area contributed by atoms with E-state index in [0.29, 0.717) is 25.8 Å². The number of carboxylic acids is 1. The molecule has 9 N–H and O–H groups in total. The largest absolute Gasteiger partial charge is 0.480 e. The molecule has 0 aromatic rings. The number of carbonyl (C=O) groups excluding carboxylic acids is 3. The van der Waals surface area contributed by atoms with Gasteiger partial charge in [0.15, 0.2) is 0 Å². The van der Waals surface area contributed by atoms with Crippen molar-refractivity contribution in [3.63, 3.8) is 0 Å². The highest BCUT2D eigenvalue weighted by Crippen LogP contribution is 2.06. The lowest BCUT2D eigenvalue weighted by atomic mass is 9.99. The highest BCUT2D eigenvalue weighted by Gasteiger charge is 2.29. The Morgan fingerprint density at radius 3 is 2.14 bits per heavy atom. The lowest BCUT2D eigenvalue weighted by Crippen LogP contribution is -2.58. The van der Waals surface area contributed by atoms with Gasteiger partial charge in [0.1, 0.15) is 12.1 Å². The van der Waals surface area contributed by atoms with Gasteiger partial charge in [-0.05, 0) is 38.6 Å². The van der Waals surface area contributed by atoms with E-state index in [9.17, 15) is 24.3 Å². The second kappa shape index (κ2) is 13.9. The predicted octanol–water partition coefficient (Wildman–Crippen LogP) is -1.96. The van der Waals surface area contributed by atoms with Gasteiger partial charge in [-0.25, -0.2) is 4.79 Å². The summed E-state index contributed by atoms with van der Waals surface area (Å²) in [5.74, 6) is -3.38. The van der Waals surface area contributed by atoms with Crippen LogP contribution < -0.4 is 27.4 Å². The average molecular weight is 418 g/mol. The third-order valence-electron chi connectivity index (χ3n) is 4.63. The molecule has 0 aliphatic carbocycles. The number of aliphatic hydroxyl groups is 1. The molecule has 11 nitrogen and oxygen atoms in total. The molecule has 0 rings (SSSR count). The molecule has 168 valence electrons. The molecular formula is C18H35N5O6. The third kappa shape index (κ3) is 10.2. The fraction of sp³-hybridized carbons (Fsp3) is 0.778. The van der Waals surface area contributed by atoms with Crippen LogP contribution in [0.25, 0.3) is 0 Å². The number of carboxylic acid groups (broad SMARTS) is 1. The van der Waals surface area contributed by atoms with Crippen molar-refractivity contribution in [1.29, 1.82) is 0 Å². The zero-order chi connectivity index (χ0) is 22.6. The van der Waals surface area contributed by atoms with E-state index >= 15 is 0 Å². The van der Waals surface area contributed by atoms with Crippen molar-refractivity contribution in [3.8, 4) is 0 Å². The number of amides is 3. The highest BCUT2D eigenvalue weighted by atomic mass is 16.4. The SMILES string of the molecule is CCC(C)C(N)C(=O)NC(C(=O)NCC(=O)NC(CCCCN)C(=O)O)C(C)O. The summed E-state index contributed by atoms with van der Waals surface area (Å²) < 4.78 is 0. The zero-order valence-electron chi connectivity index (χ0n) is 17.3. The van der Waals surface area contributed by atoms with E-state index in [4.69, 9.17) is 16.6 Å². The van der Waals surface area contributed by atoms with E-state index in [1.54, 1.807) is 6.92 Å². The molecule has 0 heterocycles. The Hall–Kier alpha value is -2.24. The summed E-state index contributed by atoms with van der Waals surface area (Å²) in [7, 11) is 0. The van der Waals surface area contributed by atoms with Crippen LogP contribution >= 0.6 is 0 Å². The maximum absolute atomic E-state index is 12.3. The molecule has 0 aliphatic rings. The van der Waals surface area contributed by atoms with Gasteiger partial charge in [-0.2, -0.15) is 0 Å². The number of carbonyl (C=O) groups is 4. The van der Waals surface area contributed by atoms with Crippen LogP contribution in [0.5, 0.6) is 0 Å². The van der Waals surface area contributed by atoms with Gasteiger partial charge in [-0.3, -0.25) is 14.4 Å². The summed E-state index contributed by atoms with van der Waals surface area (Å²) in [6, 6.07) is -3.24. The minimum absolute atomic E-state index is 0.120. The Labute approximate surface area is 171 Å². The molecule has 0 fully saturated rings. The van der Waals surface area contributed by atoms with E-state index in [2.05, 4.69) is 16.0 Å². The minimum Gasteiger partial charge on any atom is -0.480 e. The van der Waals surface area contributed by atoms with Crippen LogP contribution in [-0.2, 0) is 19.2 Å². The van der Waals surface area contributed by atoms with Crippen LogP contribution in [0, 0.1) is 5.92 Å². The first-order valence-electron chi connectivity index (χ1n) is 9.79. The van der Waals surface area contributed by atoms with E-state index in [0.717, 1.165) is 0 Å². The van der Waals surface area contributed by atoms with Crippen LogP contribution in [0.1, 0.15) is 46.5 Å². The Balaban J connectivity index is 4.73. The van der Waals surface area contributed by atoms with Crippen molar-refractivity contribution in [2.24, 2.45) is 17.4 Å². The quantitative estimate of drug-likeness (QED) is 0.158. The van der Waals surface area contributed by atoms with Crippen molar-refractivity contribution >= 4 is 23.7 Å². The first-order chi connectivity index (χ1) is 13.5. The molecule has 5 unspecified atom stereocenters. The summed E-state index contributed by atoms with van der Waals surface area (Å²) >= 11 is 0. The molecule has 0 saturated carbocycles. The Morgan fingerprint density at radius 1 is 1.03 bits per heavy atom. The van der Waals surface area contributed by atoms with Crippen molar-refractivity contribution in [3.05, 3.63) is 0 Å². The molecule has 0 bridgehead atoms. The summed E-state index contributed by atoms with van der Waals surface area (Å²) in [5.41, 5.74) is 11.2. The minimum atomic E-state index is -1.30. The molecule has 0 aliphatic heterocycles. The number of aliphatic carboxylic acids is 1. The Bertz CT molecular complexity index is 557. The first kappa shape index (κ1) is 26.8. The molecule has 11 heteroatoms. The third-order valence-corrected chi connectivity index (χ3v) is 4.63. The van der Waals surface area contributed by atoms with Crippen LogP contribution in [-0.4, -0.2) is 71.2 Å². The summed E-state index contributed by atoms with van der Waals surface area (Å²) in [6.45, 7) is 4.89. The summed E-state index contributed by atoms with van der Waals surface area (Å²) in [6.07, 6.45) is 0.814. The highest BCUT2D eigenvalue weighted by molar-refractivity contribution is 5.93. The van der Waals surface area contributed by atoms with Gasteiger partial charge in [-0.1, -0.05) is 20.3 Å². The molecule has 0 aromatic heterocycles. The number of rotatable bonds is 14. The molecule has 0 radical (unpaired) electrons. The van der Waals surface area contributed by atoms with Crippen molar-refractivity contribution < 1.29 is 29.4 Å². The number of nitrogens with one attached hydrogen (secondary N) is 3. The maximum Gasteiger partial charge on any atom is 0.326 e. The molecule has 0 saturated heterocycles. The zero-order valence-corrected chi connectivity index (χ0v) is 17.3. The van der Waals surface area contributed by atoms with Crippen molar-refractivity contribution in [1.82, 2.24) is 16.0 Å². The van der Waals surface area contributed by atoms with Gasteiger partial charge in [0.05, 0.1) is 18.7 Å². The van der Waals surface area contributed by atoms with Gasteiger partial charge < -0.3 is 37.6 Å². The van der Waals surface area contributed by atoms with E-state index in [1.165, 1.54) is 6.92 Å². The maximum atomic E-state index is 12.3.